The lowest BCUT2D eigenvalue weighted by molar-refractivity contribution is -0.154. The number of rotatable bonds is 3. The minimum absolute atomic E-state index is 0.0313. The predicted octanol–water partition coefficient (Wildman–Crippen LogP) is 5.76. The molecule has 2 atom stereocenters. The molecule has 26 heavy (non-hydrogen) atoms. The van der Waals surface area contributed by atoms with Crippen LogP contribution in [0.4, 0.5) is 0 Å². The minimum Gasteiger partial charge on any atom is -0.369 e. The van der Waals surface area contributed by atoms with Crippen LogP contribution in [-0.4, -0.2) is 5.91 Å². The summed E-state index contributed by atoms with van der Waals surface area (Å²) in [4.78, 5) is 12.6. The van der Waals surface area contributed by atoms with Crippen LogP contribution in [0, 0.1) is 34.5 Å². The Hall–Kier alpha value is -0.790. The zero-order valence-electron chi connectivity index (χ0n) is 16.5. The summed E-state index contributed by atoms with van der Waals surface area (Å²) in [7, 11) is 0. The van der Waals surface area contributed by atoms with Gasteiger partial charge in [-0.2, -0.15) is 0 Å². The first-order valence-electron chi connectivity index (χ1n) is 11.6. The van der Waals surface area contributed by atoms with Crippen LogP contribution in [0.15, 0.2) is 11.6 Å². The Morgan fingerprint density at radius 1 is 0.846 bits per heavy atom. The molecule has 6 saturated carbocycles. The van der Waals surface area contributed by atoms with Crippen LogP contribution in [0.1, 0.15) is 96.3 Å². The molecule has 0 aromatic heterocycles. The van der Waals surface area contributed by atoms with E-state index in [2.05, 4.69) is 6.08 Å². The first-order chi connectivity index (χ1) is 12.6. The van der Waals surface area contributed by atoms with Gasteiger partial charge in [0.15, 0.2) is 0 Å². The fourth-order valence-corrected chi connectivity index (χ4v) is 8.33. The second-order valence-corrected chi connectivity index (χ2v) is 10.8. The Morgan fingerprint density at radius 2 is 1.42 bits per heavy atom. The number of amides is 1. The summed E-state index contributed by atoms with van der Waals surface area (Å²) in [5.74, 6) is 3.08. The molecule has 0 spiro atoms. The molecule has 2 nitrogen and oxygen atoms in total. The molecule has 144 valence electrons. The highest BCUT2D eigenvalue weighted by atomic mass is 16.1. The molecule has 0 aromatic carbocycles. The fraction of sp³-hybridized carbons (Fsp3) is 0.875. The quantitative estimate of drug-likeness (QED) is 0.643. The van der Waals surface area contributed by atoms with Gasteiger partial charge in [-0.25, -0.2) is 0 Å². The van der Waals surface area contributed by atoms with Crippen molar-refractivity contribution in [2.24, 2.45) is 40.2 Å². The molecule has 0 radical (unpaired) electrons. The summed E-state index contributed by atoms with van der Waals surface area (Å²) in [5, 5.41) is 0. The van der Waals surface area contributed by atoms with E-state index >= 15 is 0 Å². The van der Waals surface area contributed by atoms with E-state index in [4.69, 9.17) is 5.73 Å². The number of nitrogens with two attached hydrogens (primary N) is 1. The highest BCUT2D eigenvalue weighted by molar-refractivity contribution is 5.82. The molecule has 2 heteroatoms. The topological polar surface area (TPSA) is 43.1 Å². The second kappa shape index (κ2) is 6.38. The molecule has 0 heterocycles. The molecule has 6 aliphatic carbocycles. The van der Waals surface area contributed by atoms with Crippen molar-refractivity contribution in [2.45, 2.75) is 96.3 Å². The molecule has 2 unspecified atom stereocenters. The van der Waals surface area contributed by atoms with Crippen molar-refractivity contribution in [1.29, 1.82) is 0 Å². The normalized spacial score (nSPS) is 43.6. The highest BCUT2D eigenvalue weighted by Gasteiger charge is 2.63. The number of carbonyl (C=O) groups is 1. The van der Waals surface area contributed by atoms with Gasteiger partial charge in [-0.3, -0.25) is 4.79 Å². The fourth-order valence-electron chi connectivity index (χ4n) is 8.33. The van der Waals surface area contributed by atoms with Gasteiger partial charge in [-0.15, -0.1) is 0 Å². The van der Waals surface area contributed by atoms with E-state index in [1.54, 1.807) is 5.57 Å². The summed E-state index contributed by atoms with van der Waals surface area (Å²) in [5.41, 5.74) is 8.12. The number of allylic oxidation sites excluding steroid dienone is 2. The van der Waals surface area contributed by atoms with Gasteiger partial charge in [0.2, 0.25) is 5.91 Å². The zero-order chi connectivity index (χ0) is 17.8. The van der Waals surface area contributed by atoms with Crippen LogP contribution in [0.5, 0.6) is 0 Å². The van der Waals surface area contributed by atoms with Crippen LogP contribution in [0.2, 0.25) is 0 Å². The van der Waals surface area contributed by atoms with Crippen LogP contribution < -0.4 is 5.73 Å². The molecule has 2 N–H and O–H groups in total. The Balaban J connectivity index is 1.46. The molecular weight excluding hydrogens is 318 g/mol. The highest BCUT2D eigenvalue weighted by Crippen LogP contribution is 2.70. The summed E-state index contributed by atoms with van der Waals surface area (Å²) in [6.45, 7) is 0. The van der Waals surface area contributed by atoms with Gasteiger partial charge >= 0.3 is 0 Å². The Kier molecular flexibility index (Phi) is 4.25. The number of carbonyl (C=O) groups excluding carboxylic acids is 1. The van der Waals surface area contributed by atoms with E-state index in [1.165, 1.54) is 77.0 Å². The van der Waals surface area contributed by atoms with Crippen LogP contribution >= 0.6 is 0 Å². The van der Waals surface area contributed by atoms with Gasteiger partial charge in [0.05, 0.1) is 5.41 Å². The van der Waals surface area contributed by atoms with Gasteiger partial charge in [-0.1, -0.05) is 50.2 Å². The summed E-state index contributed by atoms with van der Waals surface area (Å²) in [6, 6.07) is 0. The van der Waals surface area contributed by atoms with Crippen molar-refractivity contribution >= 4 is 5.91 Å². The molecule has 6 rings (SSSR count). The SMILES string of the molecule is NC(=O)C12CC3CC(C4CCCCC4)(CC(C1)C3=CC1CCCCC1)C2. The van der Waals surface area contributed by atoms with E-state index in [0.717, 1.165) is 31.1 Å². The molecule has 6 aliphatic rings. The lowest BCUT2D eigenvalue weighted by Gasteiger charge is -2.64. The zero-order valence-corrected chi connectivity index (χ0v) is 16.5. The van der Waals surface area contributed by atoms with Crippen molar-refractivity contribution in [2.75, 3.05) is 0 Å². The first kappa shape index (κ1) is 17.3. The minimum atomic E-state index is -0.160. The lowest BCUT2D eigenvalue weighted by Crippen LogP contribution is -2.59. The van der Waals surface area contributed by atoms with Crippen molar-refractivity contribution in [1.82, 2.24) is 0 Å². The van der Waals surface area contributed by atoms with E-state index in [9.17, 15) is 4.79 Å². The largest absolute Gasteiger partial charge is 0.369 e. The predicted molar refractivity (Wildman–Crippen MR) is 105 cm³/mol. The summed E-state index contributed by atoms with van der Waals surface area (Å²) in [6.07, 6.45) is 22.9. The molecule has 1 amide bonds. The maximum atomic E-state index is 12.6. The van der Waals surface area contributed by atoms with Gasteiger partial charge in [0.25, 0.3) is 0 Å². The number of primary amides is 1. The smallest absolute Gasteiger partial charge is 0.223 e. The number of hydrogen-bond donors (Lipinski definition) is 1. The van der Waals surface area contributed by atoms with Crippen molar-refractivity contribution in [3.8, 4) is 0 Å². The average molecular weight is 356 g/mol. The standard InChI is InChI=1S/C24H37NO/c25-22(26)24-14-18-12-23(16-24,20-9-5-2-6-10-20)13-19(15-24)21(18)11-17-7-3-1-4-8-17/h11,17-20H,1-10,12-16H2,(H2,25,26). The third-order valence-electron chi connectivity index (χ3n) is 9.29. The second-order valence-electron chi connectivity index (χ2n) is 10.8. The summed E-state index contributed by atoms with van der Waals surface area (Å²) >= 11 is 0. The monoisotopic (exact) mass is 355 g/mol. The third kappa shape index (κ3) is 2.69. The van der Waals surface area contributed by atoms with Gasteiger partial charge in [0.1, 0.15) is 0 Å². The van der Waals surface area contributed by atoms with Crippen LogP contribution in [0.25, 0.3) is 0 Å². The maximum Gasteiger partial charge on any atom is 0.223 e. The van der Waals surface area contributed by atoms with E-state index < -0.39 is 0 Å². The van der Waals surface area contributed by atoms with E-state index in [-0.39, 0.29) is 11.3 Å². The molecule has 0 aromatic rings. The molecule has 4 bridgehead atoms. The Morgan fingerprint density at radius 3 is 2.00 bits per heavy atom. The van der Waals surface area contributed by atoms with Gasteiger partial charge in [0, 0.05) is 0 Å². The first-order valence-corrected chi connectivity index (χ1v) is 11.6. The molecular formula is C24H37NO. The van der Waals surface area contributed by atoms with E-state index in [0.29, 0.717) is 17.3 Å². The van der Waals surface area contributed by atoms with Crippen LogP contribution in [0.3, 0.4) is 0 Å². The maximum absolute atomic E-state index is 12.6. The molecule has 0 saturated heterocycles. The third-order valence-corrected chi connectivity index (χ3v) is 9.29. The number of hydrogen-bond acceptors (Lipinski definition) is 1. The van der Waals surface area contributed by atoms with Gasteiger partial charge in [-0.05, 0) is 86.9 Å². The average Bonchev–Trinajstić information content (AvgIpc) is 2.66. The van der Waals surface area contributed by atoms with Crippen LogP contribution in [-0.2, 0) is 4.79 Å². The van der Waals surface area contributed by atoms with Crippen molar-refractivity contribution in [3.05, 3.63) is 11.6 Å². The van der Waals surface area contributed by atoms with E-state index in [1.807, 2.05) is 0 Å². The molecule has 6 fully saturated rings. The van der Waals surface area contributed by atoms with Gasteiger partial charge < -0.3 is 5.73 Å². The summed E-state index contributed by atoms with van der Waals surface area (Å²) < 4.78 is 0. The lowest BCUT2D eigenvalue weighted by atomic mass is 9.39. The Bertz CT molecular complexity index is 575. The van der Waals surface area contributed by atoms with Crippen molar-refractivity contribution < 1.29 is 4.79 Å². The molecule has 0 aliphatic heterocycles. The van der Waals surface area contributed by atoms with Crippen molar-refractivity contribution in [3.63, 3.8) is 0 Å². The Labute approximate surface area is 159 Å².